The average Bonchev–Trinajstić information content (AvgIpc) is 3.24. The van der Waals surface area contributed by atoms with Crippen LogP contribution < -0.4 is 10.6 Å². The number of nitrogens with zero attached hydrogens (tertiary/aromatic N) is 2. The van der Waals surface area contributed by atoms with E-state index in [2.05, 4.69) is 33.8 Å². The van der Waals surface area contributed by atoms with Crippen molar-refractivity contribution in [2.75, 3.05) is 46.4 Å². The van der Waals surface area contributed by atoms with Crippen LogP contribution in [0.3, 0.4) is 0 Å². The Balaban J connectivity index is 1.40. The third kappa shape index (κ3) is 4.49. The van der Waals surface area contributed by atoms with Crippen molar-refractivity contribution in [3.8, 4) is 0 Å². The number of morpholine rings is 1. The molecule has 1 aromatic carbocycles. The molecule has 1 aliphatic carbocycles. The smallest absolute Gasteiger partial charge is 0.257 e. The number of ether oxygens (including phenoxy) is 1. The van der Waals surface area contributed by atoms with Gasteiger partial charge < -0.3 is 20.3 Å². The fourth-order valence-corrected chi connectivity index (χ4v) is 5.34. The molecule has 178 valence electrons. The van der Waals surface area contributed by atoms with E-state index in [0.29, 0.717) is 23.7 Å². The SMILES string of the molecule is CNCC1(CN2CCOCC2)C=C2C=CN3C=C(C(=O)NCc4ccc(Cl)cc4)C(=O)C(=C1)C23. The molecule has 0 spiro atoms. The van der Waals surface area contributed by atoms with Crippen molar-refractivity contribution >= 4 is 23.3 Å². The molecule has 0 aromatic heterocycles. The van der Waals surface area contributed by atoms with Gasteiger partial charge in [0.25, 0.3) is 5.91 Å². The summed E-state index contributed by atoms with van der Waals surface area (Å²) < 4.78 is 5.52. The summed E-state index contributed by atoms with van der Waals surface area (Å²) in [5, 5.41) is 6.84. The van der Waals surface area contributed by atoms with Crippen LogP contribution >= 0.6 is 11.6 Å². The number of hydrogen-bond acceptors (Lipinski definition) is 6. The van der Waals surface area contributed by atoms with Crippen LogP contribution in [-0.4, -0.2) is 74.0 Å². The van der Waals surface area contributed by atoms with Gasteiger partial charge in [-0.25, -0.2) is 0 Å². The first-order valence-corrected chi connectivity index (χ1v) is 12.0. The first-order chi connectivity index (χ1) is 16.5. The number of carbonyl (C=O) groups is 2. The van der Waals surface area contributed by atoms with Crippen LogP contribution in [0.1, 0.15) is 5.56 Å². The van der Waals surface area contributed by atoms with Gasteiger partial charge in [-0.05, 0) is 36.4 Å². The summed E-state index contributed by atoms with van der Waals surface area (Å²) in [5.74, 6) is -0.574. The van der Waals surface area contributed by atoms with Gasteiger partial charge in [0, 0.05) is 61.1 Å². The molecule has 8 heteroatoms. The molecule has 2 unspecified atom stereocenters. The Kier molecular flexibility index (Phi) is 6.44. The number of carbonyl (C=O) groups excluding carboxylic acids is 2. The van der Waals surface area contributed by atoms with E-state index in [9.17, 15) is 9.59 Å². The highest BCUT2D eigenvalue weighted by Crippen LogP contribution is 2.42. The quantitative estimate of drug-likeness (QED) is 0.582. The maximum Gasteiger partial charge on any atom is 0.257 e. The second kappa shape index (κ2) is 9.50. The van der Waals surface area contributed by atoms with Crippen molar-refractivity contribution in [1.29, 1.82) is 0 Å². The molecule has 7 nitrogen and oxygen atoms in total. The van der Waals surface area contributed by atoms with Gasteiger partial charge in [-0.2, -0.15) is 0 Å². The summed E-state index contributed by atoms with van der Waals surface area (Å²) >= 11 is 5.95. The molecule has 4 aliphatic rings. The molecule has 0 bridgehead atoms. The van der Waals surface area contributed by atoms with E-state index in [4.69, 9.17) is 16.3 Å². The van der Waals surface area contributed by atoms with Gasteiger partial charge in [0.05, 0.1) is 19.3 Å². The second-order valence-electron chi connectivity index (χ2n) is 9.24. The van der Waals surface area contributed by atoms with Crippen LogP contribution in [0.25, 0.3) is 0 Å². The van der Waals surface area contributed by atoms with Gasteiger partial charge in [-0.15, -0.1) is 0 Å². The molecule has 5 rings (SSSR count). The number of amides is 1. The van der Waals surface area contributed by atoms with Crippen molar-refractivity contribution < 1.29 is 14.3 Å². The van der Waals surface area contributed by atoms with Crippen LogP contribution in [0.2, 0.25) is 5.02 Å². The van der Waals surface area contributed by atoms with Gasteiger partial charge in [0.1, 0.15) is 5.57 Å². The monoisotopic (exact) mass is 480 g/mol. The number of ketones is 1. The standard InChI is InChI=1S/C26H29ClN4O3/c1-28-16-26(17-30-8-10-34-11-9-30)12-19-6-7-31-15-22(24(32)21(13-26)23(19)31)25(33)29-14-18-2-4-20(27)5-3-18/h2-7,12-13,15,23,28H,8-11,14,16-17H2,1H3,(H,29,33). The number of benzene rings is 1. The first kappa shape index (κ1) is 23.1. The van der Waals surface area contributed by atoms with Crippen LogP contribution in [0.15, 0.2) is 71.6 Å². The van der Waals surface area contributed by atoms with Crippen LogP contribution in [-0.2, 0) is 20.9 Å². The lowest BCUT2D eigenvalue weighted by molar-refractivity contribution is -0.122. The van der Waals surface area contributed by atoms with Crippen molar-refractivity contribution in [2.45, 2.75) is 12.6 Å². The summed E-state index contributed by atoms with van der Waals surface area (Å²) in [6.45, 7) is 5.00. The maximum atomic E-state index is 13.6. The fourth-order valence-electron chi connectivity index (χ4n) is 5.22. The Morgan fingerprint density at radius 2 is 1.97 bits per heavy atom. The van der Waals surface area contributed by atoms with E-state index in [0.717, 1.165) is 44.0 Å². The van der Waals surface area contributed by atoms with Crippen molar-refractivity contribution in [1.82, 2.24) is 20.4 Å². The highest BCUT2D eigenvalue weighted by atomic mass is 35.5. The molecule has 0 radical (unpaired) electrons. The molecule has 0 saturated carbocycles. The topological polar surface area (TPSA) is 73.9 Å². The summed E-state index contributed by atoms with van der Waals surface area (Å²) in [6.07, 6.45) is 10.1. The second-order valence-corrected chi connectivity index (χ2v) is 9.68. The minimum atomic E-state index is -0.372. The lowest BCUT2D eigenvalue weighted by Crippen LogP contribution is -2.49. The van der Waals surface area contributed by atoms with E-state index in [1.54, 1.807) is 18.3 Å². The molecule has 3 heterocycles. The highest BCUT2D eigenvalue weighted by molar-refractivity contribution is 6.30. The zero-order valence-electron chi connectivity index (χ0n) is 19.2. The highest BCUT2D eigenvalue weighted by Gasteiger charge is 2.44. The Morgan fingerprint density at radius 1 is 1.21 bits per heavy atom. The zero-order valence-corrected chi connectivity index (χ0v) is 20.0. The summed E-state index contributed by atoms with van der Waals surface area (Å²) in [5.41, 5.74) is 2.51. The van der Waals surface area contributed by atoms with Gasteiger partial charge in [0.15, 0.2) is 5.78 Å². The van der Waals surface area contributed by atoms with Crippen LogP contribution in [0.5, 0.6) is 0 Å². The lowest BCUT2D eigenvalue weighted by Gasteiger charge is -2.42. The predicted octanol–water partition coefficient (Wildman–Crippen LogP) is 2.03. The third-order valence-corrected chi connectivity index (χ3v) is 7.02. The van der Waals surface area contributed by atoms with Crippen molar-refractivity contribution in [2.24, 2.45) is 5.41 Å². The largest absolute Gasteiger partial charge is 0.379 e. The molecule has 2 atom stereocenters. The first-order valence-electron chi connectivity index (χ1n) is 11.6. The average molecular weight is 481 g/mol. The van der Waals surface area contributed by atoms with Crippen molar-refractivity contribution in [3.05, 3.63) is 82.2 Å². The van der Waals surface area contributed by atoms with E-state index in [1.165, 1.54) is 0 Å². The number of Topliss-reactive ketones (excluding diaryl/α,β-unsaturated/α-hetero) is 1. The van der Waals surface area contributed by atoms with Gasteiger partial charge >= 0.3 is 0 Å². The molecular formula is C26H29ClN4O3. The maximum absolute atomic E-state index is 13.6. The van der Waals surface area contributed by atoms with E-state index < -0.39 is 0 Å². The Bertz CT molecular complexity index is 1100. The summed E-state index contributed by atoms with van der Waals surface area (Å²) in [6, 6.07) is 7.12. The summed E-state index contributed by atoms with van der Waals surface area (Å²) in [4.78, 5) is 31.0. The summed E-state index contributed by atoms with van der Waals surface area (Å²) in [7, 11) is 1.93. The molecule has 1 aromatic rings. The molecule has 1 fully saturated rings. The molecule has 2 N–H and O–H groups in total. The zero-order chi connectivity index (χ0) is 23.7. The number of rotatable bonds is 7. The Labute approximate surface area is 204 Å². The number of hydrogen-bond donors (Lipinski definition) is 2. The lowest BCUT2D eigenvalue weighted by atomic mass is 9.73. The van der Waals surface area contributed by atoms with E-state index in [-0.39, 0.29) is 28.7 Å². The van der Waals surface area contributed by atoms with Crippen LogP contribution in [0.4, 0.5) is 0 Å². The van der Waals surface area contributed by atoms with Gasteiger partial charge in [0.2, 0.25) is 0 Å². The van der Waals surface area contributed by atoms with Crippen molar-refractivity contribution in [3.63, 3.8) is 0 Å². The number of nitrogens with one attached hydrogen (secondary N) is 2. The number of halogens is 1. The molecule has 1 amide bonds. The van der Waals surface area contributed by atoms with E-state index >= 15 is 0 Å². The fraction of sp³-hybridized carbons (Fsp3) is 0.385. The minimum absolute atomic E-state index is 0.157. The van der Waals surface area contributed by atoms with E-state index in [1.807, 2.05) is 30.3 Å². The normalized spacial score (nSPS) is 26.1. The van der Waals surface area contributed by atoms with Gasteiger partial charge in [-0.3, -0.25) is 14.5 Å². The van der Waals surface area contributed by atoms with Gasteiger partial charge in [-0.1, -0.05) is 35.9 Å². The molecule has 34 heavy (non-hydrogen) atoms. The van der Waals surface area contributed by atoms with Crippen LogP contribution in [0, 0.1) is 5.41 Å². The third-order valence-electron chi connectivity index (χ3n) is 6.77. The minimum Gasteiger partial charge on any atom is -0.379 e. The predicted molar refractivity (Wildman–Crippen MR) is 131 cm³/mol. The molecule has 1 saturated heterocycles. The molecule has 3 aliphatic heterocycles. The Morgan fingerprint density at radius 3 is 2.71 bits per heavy atom. The molecular weight excluding hydrogens is 452 g/mol. The Hall–Kier alpha value is -2.71.